The van der Waals surface area contributed by atoms with Crippen LogP contribution in [0, 0.1) is 0 Å². The number of amides is 2. The minimum absolute atomic E-state index is 0.0150. The quantitative estimate of drug-likeness (QED) is 0.838. The van der Waals surface area contributed by atoms with Crippen molar-refractivity contribution in [3.05, 3.63) is 19.2 Å². The van der Waals surface area contributed by atoms with Crippen molar-refractivity contribution in [3.63, 3.8) is 0 Å². The Morgan fingerprint density at radius 3 is 2.81 bits per heavy atom. The van der Waals surface area contributed by atoms with Crippen LogP contribution in [0.5, 0.6) is 0 Å². The minimum Gasteiger partial charge on any atom is -0.354 e. The van der Waals surface area contributed by atoms with Gasteiger partial charge in [0.1, 0.15) is 0 Å². The highest BCUT2D eigenvalue weighted by atomic mass is 79.9. The fourth-order valence-corrected chi connectivity index (χ4v) is 3.36. The molecule has 2 N–H and O–H groups in total. The van der Waals surface area contributed by atoms with E-state index in [9.17, 15) is 9.59 Å². The lowest BCUT2D eigenvalue weighted by atomic mass is 10.2. The molecule has 1 aromatic rings. The molecule has 1 unspecified atom stereocenters. The summed E-state index contributed by atoms with van der Waals surface area (Å²) in [5.41, 5.74) is 0. The first-order valence-electron chi connectivity index (χ1n) is 4.58. The van der Waals surface area contributed by atoms with Crippen LogP contribution in [0.3, 0.4) is 0 Å². The summed E-state index contributed by atoms with van der Waals surface area (Å²) < 4.78 is 1.75. The third-order valence-electron chi connectivity index (χ3n) is 2.18. The molecule has 86 valence electrons. The van der Waals surface area contributed by atoms with Gasteiger partial charge in [-0.1, -0.05) is 0 Å². The van der Waals surface area contributed by atoms with Gasteiger partial charge in [0, 0.05) is 17.4 Å². The molecule has 1 saturated heterocycles. The smallest absolute Gasteiger partial charge is 0.261 e. The highest BCUT2D eigenvalue weighted by Gasteiger charge is 2.24. The van der Waals surface area contributed by atoms with Crippen LogP contribution in [-0.4, -0.2) is 24.4 Å². The van der Waals surface area contributed by atoms with Gasteiger partial charge in [0.2, 0.25) is 5.91 Å². The van der Waals surface area contributed by atoms with Crippen molar-refractivity contribution >= 4 is 55.0 Å². The molecule has 16 heavy (non-hydrogen) atoms. The van der Waals surface area contributed by atoms with Crippen LogP contribution in [-0.2, 0) is 4.79 Å². The maximum atomic E-state index is 11.8. The van der Waals surface area contributed by atoms with Crippen molar-refractivity contribution in [2.24, 2.45) is 0 Å². The predicted octanol–water partition coefficient (Wildman–Crippen LogP) is 1.89. The largest absolute Gasteiger partial charge is 0.354 e. The lowest BCUT2D eigenvalue weighted by molar-refractivity contribution is -0.119. The average molecular weight is 368 g/mol. The van der Waals surface area contributed by atoms with Crippen molar-refractivity contribution in [2.75, 3.05) is 6.54 Å². The van der Waals surface area contributed by atoms with Crippen LogP contribution in [0.25, 0.3) is 0 Å². The van der Waals surface area contributed by atoms with Crippen molar-refractivity contribution in [1.82, 2.24) is 10.6 Å². The second-order valence-electron chi connectivity index (χ2n) is 3.41. The molecular weight excluding hydrogens is 360 g/mol. The molecule has 1 aliphatic heterocycles. The zero-order valence-corrected chi connectivity index (χ0v) is 12.0. The van der Waals surface area contributed by atoms with Crippen LogP contribution < -0.4 is 10.6 Å². The number of hydrogen-bond acceptors (Lipinski definition) is 3. The lowest BCUT2D eigenvalue weighted by Gasteiger charge is -2.08. The monoisotopic (exact) mass is 366 g/mol. The van der Waals surface area contributed by atoms with Crippen LogP contribution >= 0.6 is 43.2 Å². The Hall–Kier alpha value is -0.400. The number of nitrogens with one attached hydrogen (secondary N) is 2. The summed E-state index contributed by atoms with van der Waals surface area (Å²) in [5, 5.41) is 5.49. The predicted molar refractivity (Wildman–Crippen MR) is 68.6 cm³/mol. The van der Waals surface area contributed by atoms with E-state index in [-0.39, 0.29) is 17.9 Å². The van der Waals surface area contributed by atoms with Crippen molar-refractivity contribution in [2.45, 2.75) is 12.5 Å². The first kappa shape index (κ1) is 12.1. The summed E-state index contributed by atoms with van der Waals surface area (Å²) in [6.45, 7) is 0.512. The Morgan fingerprint density at radius 1 is 1.56 bits per heavy atom. The summed E-state index contributed by atoms with van der Waals surface area (Å²) in [6, 6.07) is 1.66. The Balaban J connectivity index is 2.00. The van der Waals surface area contributed by atoms with Gasteiger partial charge < -0.3 is 10.6 Å². The molecule has 0 radical (unpaired) electrons. The number of halogens is 2. The van der Waals surface area contributed by atoms with Crippen LogP contribution in [0.15, 0.2) is 14.3 Å². The molecule has 0 aromatic carbocycles. The van der Waals surface area contributed by atoms with Gasteiger partial charge in [-0.3, -0.25) is 9.59 Å². The van der Waals surface area contributed by atoms with Gasteiger partial charge in [0.25, 0.3) is 5.91 Å². The zero-order valence-electron chi connectivity index (χ0n) is 8.05. The van der Waals surface area contributed by atoms with Gasteiger partial charge in [-0.05, 0) is 37.9 Å². The normalized spacial score (nSPS) is 19.6. The van der Waals surface area contributed by atoms with Gasteiger partial charge in [-0.25, -0.2) is 0 Å². The summed E-state index contributed by atoms with van der Waals surface area (Å²) >= 11 is 8.01. The van der Waals surface area contributed by atoms with Gasteiger partial charge in [-0.15, -0.1) is 11.3 Å². The van der Waals surface area contributed by atoms with Gasteiger partial charge in [0.15, 0.2) is 0 Å². The highest BCUT2D eigenvalue weighted by Crippen LogP contribution is 2.32. The molecule has 1 atom stereocenters. The maximum absolute atomic E-state index is 11.8. The van der Waals surface area contributed by atoms with Crippen LogP contribution in [0.4, 0.5) is 0 Å². The standard InChI is InChI=1S/C9H8Br2N2O2S/c10-5-2-6(16-8(5)11)9(15)13-4-1-7(14)12-3-4/h2,4H,1,3H2,(H,12,14)(H,13,15). The Morgan fingerprint density at radius 2 is 2.31 bits per heavy atom. The Bertz CT molecular complexity index is 427. The van der Waals surface area contributed by atoms with E-state index in [0.717, 1.165) is 8.26 Å². The van der Waals surface area contributed by atoms with E-state index < -0.39 is 0 Å². The molecule has 0 saturated carbocycles. The highest BCUT2D eigenvalue weighted by molar-refractivity contribution is 9.13. The molecule has 2 amide bonds. The lowest BCUT2D eigenvalue weighted by Crippen LogP contribution is -2.35. The van der Waals surface area contributed by atoms with E-state index in [0.29, 0.717) is 17.8 Å². The Kier molecular flexibility index (Phi) is 3.66. The first-order chi connectivity index (χ1) is 7.56. The molecule has 0 spiro atoms. The van der Waals surface area contributed by atoms with E-state index in [1.165, 1.54) is 11.3 Å². The number of carbonyl (C=O) groups is 2. The maximum Gasteiger partial charge on any atom is 0.261 e. The van der Waals surface area contributed by atoms with Crippen LogP contribution in [0.1, 0.15) is 16.1 Å². The van der Waals surface area contributed by atoms with Crippen molar-refractivity contribution in [3.8, 4) is 0 Å². The van der Waals surface area contributed by atoms with E-state index in [1.807, 2.05) is 0 Å². The topological polar surface area (TPSA) is 58.2 Å². The molecule has 1 aromatic heterocycles. The summed E-state index contributed by atoms with van der Waals surface area (Å²) in [6.07, 6.45) is 0.361. The SMILES string of the molecule is O=C1CC(NC(=O)c2cc(Br)c(Br)s2)CN1. The number of carbonyl (C=O) groups excluding carboxylic acids is 2. The zero-order chi connectivity index (χ0) is 11.7. The van der Waals surface area contributed by atoms with Crippen LogP contribution in [0.2, 0.25) is 0 Å². The molecule has 1 fully saturated rings. The minimum atomic E-state index is -0.141. The van der Waals surface area contributed by atoms with Gasteiger partial charge >= 0.3 is 0 Å². The van der Waals surface area contributed by atoms with E-state index in [2.05, 4.69) is 42.5 Å². The third kappa shape index (κ3) is 2.64. The van der Waals surface area contributed by atoms with Gasteiger partial charge in [0.05, 0.1) is 14.7 Å². The molecular formula is C9H8Br2N2O2S. The second kappa shape index (κ2) is 4.85. The summed E-state index contributed by atoms with van der Waals surface area (Å²) in [5.74, 6) is -0.156. The number of rotatable bonds is 2. The summed E-state index contributed by atoms with van der Waals surface area (Å²) in [4.78, 5) is 23.4. The van der Waals surface area contributed by atoms with Gasteiger partial charge in [-0.2, -0.15) is 0 Å². The Labute approximate surface area is 113 Å². The molecule has 2 rings (SSSR count). The van der Waals surface area contributed by atoms with E-state index in [4.69, 9.17) is 0 Å². The molecule has 2 heterocycles. The molecule has 0 bridgehead atoms. The van der Waals surface area contributed by atoms with E-state index >= 15 is 0 Å². The fraction of sp³-hybridized carbons (Fsp3) is 0.333. The molecule has 1 aliphatic rings. The molecule has 0 aliphatic carbocycles. The fourth-order valence-electron chi connectivity index (χ4n) is 1.42. The average Bonchev–Trinajstić information content (AvgIpc) is 2.75. The summed E-state index contributed by atoms with van der Waals surface area (Å²) in [7, 11) is 0. The van der Waals surface area contributed by atoms with E-state index in [1.54, 1.807) is 6.07 Å². The number of thiophene rings is 1. The first-order valence-corrected chi connectivity index (χ1v) is 6.99. The van der Waals surface area contributed by atoms with Crippen molar-refractivity contribution < 1.29 is 9.59 Å². The molecule has 4 nitrogen and oxygen atoms in total. The number of hydrogen-bond donors (Lipinski definition) is 2. The molecule has 7 heteroatoms. The second-order valence-corrected chi connectivity index (χ2v) is 6.64. The van der Waals surface area contributed by atoms with Crippen molar-refractivity contribution in [1.29, 1.82) is 0 Å². The third-order valence-corrected chi connectivity index (χ3v) is 5.44.